The van der Waals surface area contributed by atoms with E-state index in [-0.39, 0.29) is 5.91 Å². The highest BCUT2D eigenvalue weighted by atomic mass is 35.5. The van der Waals surface area contributed by atoms with E-state index in [0.717, 1.165) is 12.8 Å². The minimum absolute atomic E-state index is 0.362. The van der Waals surface area contributed by atoms with Crippen molar-refractivity contribution in [2.75, 3.05) is 0 Å². The zero-order chi connectivity index (χ0) is 14.8. The highest BCUT2D eigenvalue weighted by Gasteiger charge is 2.42. The van der Waals surface area contributed by atoms with Crippen LogP contribution in [0.4, 0.5) is 0 Å². The molecule has 1 amide bonds. The third-order valence-corrected chi connectivity index (χ3v) is 4.25. The Labute approximate surface area is 123 Å². The minimum Gasteiger partial charge on any atom is -0.480 e. The standard InChI is InChI=1S/C15H18ClNO3/c1-10-6-8-15(9-7-10,14(19)20)17-13(18)11-2-4-12(16)5-3-11/h2-5,10H,6-9H2,1H3,(H,17,18)(H,19,20). The highest BCUT2D eigenvalue weighted by Crippen LogP contribution is 2.32. The number of carbonyl (C=O) groups excluding carboxylic acids is 1. The molecule has 1 aliphatic rings. The second-order valence-corrected chi connectivity index (χ2v) is 5.97. The Morgan fingerprint density at radius 2 is 1.80 bits per heavy atom. The Morgan fingerprint density at radius 3 is 2.30 bits per heavy atom. The molecule has 1 aromatic rings. The van der Waals surface area contributed by atoms with E-state index >= 15 is 0 Å². The van der Waals surface area contributed by atoms with Crippen LogP contribution in [-0.2, 0) is 4.79 Å². The monoisotopic (exact) mass is 295 g/mol. The van der Waals surface area contributed by atoms with Crippen molar-refractivity contribution < 1.29 is 14.7 Å². The maximum Gasteiger partial charge on any atom is 0.329 e. The second kappa shape index (κ2) is 5.83. The van der Waals surface area contributed by atoms with Gasteiger partial charge in [0.1, 0.15) is 5.54 Å². The number of amides is 1. The summed E-state index contributed by atoms with van der Waals surface area (Å²) in [6, 6.07) is 6.43. The number of nitrogens with one attached hydrogen (secondary N) is 1. The molecule has 4 nitrogen and oxygen atoms in total. The Balaban J connectivity index is 2.14. The number of aliphatic carboxylic acids is 1. The molecule has 0 spiro atoms. The number of rotatable bonds is 3. The van der Waals surface area contributed by atoms with Gasteiger partial charge in [0.15, 0.2) is 0 Å². The first kappa shape index (κ1) is 14.9. The van der Waals surface area contributed by atoms with Gasteiger partial charge in [-0.15, -0.1) is 0 Å². The summed E-state index contributed by atoms with van der Waals surface area (Å²) in [5.74, 6) is -0.805. The van der Waals surface area contributed by atoms with E-state index in [4.69, 9.17) is 11.6 Å². The molecule has 5 heteroatoms. The molecule has 0 aromatic heterocycles. The number of hydrogen-bond acceptors (Lipinski definition) is 2. The first-order valence-corrected chi connectivity index (χ1v) is 7.12. The fourth-order valence-corrected chi connectivity index (χ4v) is 2.66. The van der Waals surface area contributed by atoms with Crippen molar-refractivity contribution in [1.29, 1.82) is 0 Å². The average Bonchev–Trinajstić information content (AvgIpc) is 2.42. The Kier molecular flexibility index (Phi) is 4.33. The van der Waals surface area contributed by atoms with Crippen molar-refractivity contribution in [2.45, 2.75) is 38.1 Å². The molecule has 1 fully saturated rings. The summed E-state index contributed by atoms with van der Waals surface area (Å²) >= 11 is 5.78. The van der Waals surface area contributed by atoms with E-state index < -0.39 is 11.5 Å². The van der Waals surface area contributed by atoms with E-state index in [1.165, 1.54) is 0 Å². The molecule has 0 bridgehead atoms. The fourth-order valence-electron chi connectivity index (χ4n) is 2.54. The SMILES string of the molecule is CC1CCC(NC(=O)c2ccc(Cl)cc2)(C(=O)O)CC1. The van der Waals surface area contributed by atoms with Gasteiger partial charge < -0.3 is 10.4 Å². The van der Waals surface area contributed by atoms with E-state index in [1.54, 1.807) is 24.3 Å². The number of carbonyl (C=O) groups is 2. The molecule has 1 saturated carbocycles. The summed E-state index contributed by atoms with van der Waals surface area (Å²) in [7, 11) is 0. The summed E-state index contributed by atoms with van der Waals surface area (Å²) in [6.45, 7) is 2.10. The van der Waals surface area contributed by atoms with Crippen molar-refractivity contribution in [2.24, 2.45) is 5.92 Å². The van der Waals surface area contributed by atoms with Crippen molar-refractivity contribution in [3.63, 3.8) is 0 Å². The quantitative estimate of drug-likeness (QED) is 0.900. The van der Waals surface area contributed by atoms with E-state index in [1.807, 2.05) is 0 Å². The van der Waals surface area contributed by atoms with Crippen LogP contribution in [-0.4, -0.2) is 22.5 Å². The molecule has 2 rings (SSSR count). The third-order valence-electron chi connectivity index (χ3n) is 4.00. The first-order valence-electron chi connectivity index (χ1n) is 6.74. The number of carboxylic acids is 1. The lowest BCUT2D eigenvalue weighted by Crippen LogP contribution is -2.56. The molecule has 0 atom stereocenters. The number of halogens is 1. The van der Waals surface area contributed by atoms with Crippen molar-refractivity contribution >= 4 is 23.5 Å². The van der Waals surface area contributed by atoms with Crippen LogP contribution in [0.2, 0.25) is 5.02 Å². The zero-order valence-corrected chi connectivity index (χ0v) is 12.1. The molecule has 0 aliphatic heterocycles. The topological polar surface area (TPSA) is 66.4 Å². The van der Waals surface area contributed by atoms with Crippen LogP contribution < -0.4 is 5.32 Å². The van der Waals surface area contributed by atoms with Crippen LogP contribution in [0.1, 0.15) is 43.0 Å². The summed E-state index contributed by atoms with van der Waals surface area (Å²) in [4.78, 5) is 23.8. The minimum atomic E-state index is -1.14. The lowest BCUT2D eigenvalue weighted by Gasteiger charge is -2.36. The molecule has 1 aromatic carbocycles. The zero-order valence-electron chi connectivity index (χ0n) is 11.4. The summed E-state index contributed by atoms with van der Waals surface area (Å²) < 4.78 is 0. The summed E-state index contributed by atoms with van der Waals surface area (Å²) in [5.41, 5.74) is -0.711. The number of hydrogen-bond donors (Lipinski definition) is 2. The van der Waals surface area contributed by atoms with Crippen LogP contribution in [0.25, 0.3) is 0 Å². The van der Waals surface area contributed by atoms with Crippen LogP contribution in [0.15, 0.2) is 24.3 Å². The highest BCUT2D eigenvalue weighted by molar-refractivity contribution is 6.30. The Morgan fingerprint density at radius 1 is 1.25 bits per heavy atom. The van der Waals surface area contributed by atoms with Gasteiger partial charge in [-0.3, -0.25) is 4.79 Å². The van der Waals surface area contributed by atoms with Gasteiger partial charge in [-0.05, 0) is 55.9 Å². The van der Waals surface area contributed by atoms with Crippen LogP contribution in [0.3, 0.4) is 0 Å². The molecular weight excluding hydrogens is 278 g/mol. The van der Waals surface area contributed by atoms with E-state index in [2.05, 4.69) is 12.2 Å². The third kappa shape index (κ3) is 3.12. The number of carboxylic acid groups (broad SMARTS) is 1. The van der Waals surface area contributed by atoms with Gasteiger partial charge in [0.25, 0.3) is 5.91 Å². The maximum absolute atomic E-state index is 12.2. The van der Waals surface area contributed by atoms with Crippen molar-refractivity contribution in [3.8, 4) is 0 Å². The molecule has 0 unspecified atom stereocenters. The molecule has 20 heavy (non-hydrogen) atoms. The second-order valence-electron chi connectivity index (χ2n) is 5.53. The lowest BCUT2D eigenvalue weighted by molar-refractivity contribution is -0.146. The Bertz CT molecular complexity index is 504. The Hall–Kier alpha value is -1.55. The molecule has 1 aliphatic carbocycles. The molecule has 0 saturated heterocycles. The van der Waals surface area contributed by atoms with Gasteiger partial charge >= 0.3 is 5.97 Å². The molecule has 108 valence electrons. The average molecular weight is 296 g/mol. The van der Waals surface area contributed by atoms with Gasteiger partial charge in [0.2, 0.25) is 0 Å². The molecule has 0 radical (unpaired) electrons. The largest absolute Gasteiger partial charge is 0.480 e. The smallest absolute Gasteiger partial charge is 0.329 e. The van der Waals surface area contributed by atoms with Crippen LogP contribution >= 0.6 is 11.6 Å². The summed E-state index contributed by atoms with van der Waals surface area (Å²) in [5, 5.41) is 12.7. The van der Waals surface area contributed by atoms with Gasteiger partial charge in [-0.2, -0.15) is 0 Å². The molecular formula is C15H18ClNO3. The van der Waals surface area contributed by atoms with Crippen LogP contribution in [0.5, 0.6) is 0 Å². The predicted octanol–water partition coefficient (Wildman–Crippen LogP) is 3.10. The predicted molar refractivity (Wildman–Crippen MR) is 76.9 cm³/mol. The van der Waals surface area contributed by atoms with Gasteiger partial charge in [0, 0.05) is 10.6 Å². The van der Waals surface area contributed by atoms with Crippen molar-refractivity contribution in [1.82, 2.24) is 5.32 Å². The van der Waals surface area contributed by atoms with Gasteiger partial charge in [-0.25, -0.2) is 4.79 Å². The van der Waals surface area contributed by atoms with Crippen molar-refractivity contribution in [3.05, 3.63) is 34.9 Å². The number of benzene rings is 1. The first-order chi connectivity index (χ1) is 9.43. The summed E-state index contributed by atoms with van der Waals surface area (Å²) in [6.07, 6.45) is 2.58. The van der Waals surface area contributed by atoms with Gasteiger partial charge in [0.05, 0.1) is 0 Å². The maximum atomic E-state index is 12.2. The van der Waals surface area contributed by atoms with E-state index in [0.29, 0.717) is 29.3 Å². The lowest BCUT2D eigenvalue weighted by atomic mass is 9.77. The van der Waals surface area contributed by atoms with E-state index in [9.17, 15) is 14.7 Å². The molecule has 2 N–H and O–H groups in total. The van der Waals surface area contributed by atoms with Gasteiger partial charge in [-0.1, -0.05) is 18.5 Å². The van der Waals surface area contributed by atoms with Crippen LogP contribution in [0, 0.1) is 5.92 Å². The fraction of sp³-hybridized carbons (Fsp3) is 0.467. The molecule has 0 heterocycles. The normalized spacial score (nSPS) is 26.0.